The lowest BCUT2D eigenvalue weighted by Crippen LogP contribution is -2.30. The number of aromatic hydroxyl groups is 1. The van der Waals surface area contributed by atoms with Crippen molar-refractivity contribution in [1.29, 1.82) is 0 Å². The Morgan fingerprint density at radius 3 is 1.90 bits per heavy atom. The number of phenols is 1. The monoisotopic (exact) mass is 950 g/mol. The largest absolute Gasteiger partial charge is 0.508 e. The topological polar surface area (TPSA) is 300 Å². The normalized spacial score (nSPS) is 10.8. The number of rotatable bonds is 28. The standard InChI is InChI=1S/C47H60N6O12S.H2O/c1-31(54)52(63)26-10-4-8-24-49-43(59)21-20-42(58)48-23-7-3-2-6-12-33(55)16-22-44(60)53(64)27-11-5-9-25-50-47(66)51-32-13-17-36(39(28-32)46(61)62)45-37-18-14-34(56)29-40(37)65-41-30-35(57)15-19-38(41)45;/h13-15,17-19,28-30,56,63-64H,2-12,16,20-27H2,1H3,(H,48,58)(H,49,59)(H,61,62)(H2,50,51,66);1H2. The van der Waals surface area contributed by atoms with Crippen LogP contribution in [-0.2, 0) is 24.0 Å². The Morgan fingerprint density at radius 1 is 0.657 bits per heavy atom. The van der Waals surface area contributed by atoms with Gasteiger partial charge in [-0.05, 0) is 106 Å². The number of fused-ring (bicyclic) bond motifs is 2. The van der Waals surface area contributed by atoms with Crippen molar-refractivity contribution in [1.82, 2.24) is 26.1 Å². The van der Waals surface area contributed by atoms with Gasteiger partial charge in [0.25, 0.3) is 0 Å². The molecule has 0 unspecified atom stereocenters. The van der Waals surface area contributed by atoms with E-state index in [0.717, 1.165) is 25.7 Å². The van der Waals surface area contributed by atoms with Crippen LogP contribution in [0.25, 0.3) is 33.4 Å². The second kappa shape index (κ2) is 28.5. The van der Waals surface area contributed by atoms with Crippen LogP contribution < -0.4 is 26.7 Å². The lowest BCUT2D eigenvalue weighted by molar-refractivity contribution is -0.166. The van der Waals surface area contributed by atoms with Gasteiger partial charge in [0, 0.05) is 106 Å². The molecular weight excluding hydrogens is 889 g/mol. The highest BCUT2D eigenvalue weighted by atomic mass is 32.1. The first-order valence-corrected chi connectivity index (χ1v) is 22.7. The van der Waals surface area contributed by atoms with Crippen molar-refractivity contribution in [2.45, 2.75) is 103 Å². The number of hydrogen-bond acceptors (Lipinski definition) is 12. The summed E-state index contributed by atoms with van der Waals surface area (Å²) in [5.74, 6) is -2.42. The number of Topliss-reactive ketones (excluding diaryl/α,β-unsaturated/α-hetero) is 1. The molecule has 1 aliphatic heterocycles. The first-order valence-electron chi connectivity index (χ1n) is 22.3. The number of nitrogens with one attached hydrogen (secondary N) is 4. The molecule has 1 heterocycles. The number of thiocarbonyl (C=S) groups is 1. The molecule has 19 nitrogen and oxygen atoms in total. The third-order valence-electron chi connectivity index (χ3n) is 10.7. The van der Waals surface area contributed by atoms with E-state index < -0.39 is 17.8 Å². The van der Waals surface area contributed by atoms with Gasteiger partial charge in [-0.25, -0.2) is 14.9 Å². The first-order chi connectivity index (χ1) is 31.6. The number of amides is 4. The molecule has 0 bridgehead atoms. The Kier molecular flexibility index (Phi) is 23.4. The number of carbonyl (C=O) groups excluding carboxylic acids is 5. The second-order valence-corrected chi connectivity index (χ2v) is 16.4. The van der Waals surface area contributed by atoms with Crippen molar-refractivity contribution >= 4 is 69.4 Å². The van der Waals surface area contributed by atoms with Crippen molar-refractivity contribution in [3.63, 3.8) is 0 Å². The zero-order valence-electron chi connectivity index (χ0n) is 37.7. The van der Waals surface area contributed by atoms with Crippen LogP contribution >= 0.6 is 12.2 Å². The summed E-state index contributed by atoms with van der Waals surface area (Å²) in [6, 6.07) is 13.5. The minimum atomic E-state index is -1.19. The quantitative estimate of drug-likeness (QED) is 0.0114. The molecule has 10 N–H and O–H groups in total. The maximum absolute atomic E-state index is 12.5. The van der Waals surface area contributed by atoms with Gasteiger partial charge in [-0.1, -0.05) is 18.9 Å². The molecule has 20 heteroatoms. The van der Waals surface area contributed by atoms with Crippen LogP contribution in [-0.4, -0.2) is 109 Å². The Labute approximate surface area is 393 Å². The maximum atomic E-state index is 12.5. The highest BCUT2D eigenvalue weighted by Gasteiger charge is 2.23. The predicted molar refractivity (Wildman–Crippen MR) is 254 cm³/mol. The van der Waals surface area contributed by atoms with E-state index in [1.54, 1.807) is 24.3 Å². The van der Waals surface area contributed by atoms with Gasteiger partial charge in [0.2, 0.25) is 23.6 Å². The Balaban J connectivity index is 0.0000119. The second-order valence-electron chi connectivity index (χ2n) is 15.9. The fourth-order valence-electron chi connectivity index (χ4n) is 7.11. The molecule has 364 valence electrons. The molecule has 2 aromatic rings. The molecule has 2 aliphatic rings. The molecule has 0 aromatic heterocycles. The fourth-order valence-corrected chi connectivity index (χ4v) is 7.33. The van der Waals surface area contributed by atoms with E-state index in [1.807, 2.05) is 0 Å². The number of carboxylic acid groups (broad SMARTS) is 1. The Hall–Kier alpha value is -6.48. The van der Waals surface area contributed by atoms with E-state index in [9.17, 15) is 54.2 Å². The SMILES string of the molecule is CC(=O)N(O)CCCCCNC(=O)CCC(=O)NCCCCCCC(=O)CCC(=O)N(O)CCCCCNC(=S)Nc1ccc(-c2c3ccc(=O)cc-3oc3cc(O)ccc23)c(C(=O)O)c1.O. The van der Waals surface area contributed by atoms with Gasteiger partial charge in [-0.15, -0.1) is 0 Å². The van der Waals surface area contributed by atoms with E-state index in [2.05, 4.69) is 21.3 Å². The number of hydrogen-bond donors (Lipinski definition) is 8. The van der Waals surface area contributed by atoms with Crippen molar-refractivity contribution in [3.05, 3.63) is 70.4 Å². The number of aromatic carboxylic acids is 1. The number of nitrogens with zero attached hydrogens (tertiary/aromatic N) is 2. The summed E-state index contributed by atoms with van der Waals surface area (Å²) >= 11 is 5.43. The molecule has 67 heavy (non-hydrogen) atoms. The lowest BCUT2D eigenvalue weighted by atomic mass is 9.90. The summed E-state index contributed by atoms with van der Waals surface area (Å²) in [4.78, 5) is 84.3. The van der Waals surface area contributed by atoms with Crippen LogP contribution in [0.2, 0.25) is 0 Å². The van der Waals surface area contributed by atoms with E-state index in [0.29, 0.717) is 102 Å². The van der Waals surface area contributed by atoms with Crippen LogP contribution in [0.3, 0.4) is 0 Å². The van der Waals surface area contributed by atoms with Gasteiger partial charge >= 0.3 is 5.97 Å². The Morgan fingerprint density at radius 2 is 1.25 bits per heavy atom. The van der Waals surface area contributed by atoms with Crippen molar-refractivity contribution in [2.24, 2.45) is 0 Å². The number of carboxylic acids is 1. The molecule has 1 aliphatic carbocycles. The molecular formula is C47H62N6O13S. The molecule has 0 radical (unpaired) electrons. The van der Waals surface area contributed by atoms with Gasteiger partial charge in [-0.2, -0.15) is 0 Å². The molecule has 4 rings (SSSR count). The van der Waals surface area contributed by atoms with Crippen molar-refractivity contribution < 1.29 is 59.3 Å². The maximum Gasteiger partial charge on any atom is 0.336 e. The highest BCUT2D eigenvalue weighted by molar-refractivity contribution is 7.80. The van der Waals surface area contributed by atoms with Gasteiger partial charge in [0.05, 0.1) is 5.56 Å². The molecule has 2 aromatic carbocycles. The van der Waals surface area contributed by atoms with Crippen molar-refractivity contribution in [3.8, 4) is 28.2 Å². The van der Waals surface area contributed by atoms with Gasteiger partial charge in [0.1, 0.15) is 22.9 Å². The van der Waals surface area contributed by atoms with Crippen LogP contribution in [0.4, 0.5) is 5.69 Å². The minimum Gasteiger partial charge on any atom is -0.508 e. The first kappa shape index (κ1) is 54.9. The van der Waals surface area contributed by atoms with Crippen LogP contribution in [0.15, 0.2) is 63.8 Å². The van der Waals surface area contributed by atoms with Gasteiger partial charge in [-0.3, -0.25) is 39.2 Å². The number of phenolic OH excluding ortho intramolecular Hbond substituents is 1. The third kappa shape index (κ3) is 18.7. The molecule has 0 saturated carbocycles. The molecule has 0 saturated heterocycles. The van der Waals surface area contributed by atoms with E-state index in [4.69, 9.17) is 16.6 Å². The zero-order valence-corrected chi connectivity index (χ0v) is 38.5. The smallest absolute Gasteiger partial charge is 0.336 e. The van der Waals surface area contributed by atoms with E-state index in [-0.39, 0.29) is 95.0 Å². The minimum absolute atomic E-state index is 0. The number of unbranched alkanes of at least 4 members (excludes halogenated alkanes) is 7. The average Bonchev–Trinajstić information content (AvgIpc) is 3.28. The summed E-state index contributed by atoms with van der Waals surface area (Å²) in [7, 11) is 0. The van der Waals surface area contributed by atoms with Gasteiger partial charge < -0.3 is 41.4 Å². The summed E-state index contributed by atoms with van der Waals surface area (Å²) < 4.78 is 5.89. The predicted octanol–water partition coefficient (Wildman–Crippen LogP) is 5.54. The fraction of sp³-hybridized carbons (Fsp3) is 0.447. The lowest BCUT2D eigenvalue weighted by Gasteiger charge is -2.18. The number of hydroxylamine groups is 4. The van der Waals surface area contributed by atoms with Crippen LogP contribution in [0, 0.1) is 0 Å². The molecule has 0 fully saturated rings. The van der Waals surface area contributed by atoms with Gasteiger partial charge in [0.15, 0.2) is 10.5 Å². The van der Waals surface area contributed by atoms with Crippen LogP contribution in [0.5, 0.6) is 5.75 Å². The van der Waals surface area contributed by atoms with E-state index in [1.165, 1.54) is 37.3 Å². The van der Waals surface area contributed by atoms with E-state index >= 15 is 0 Å². The molecule has 0 spiro atoms. The van der Waals surface area contributed by atoms with Crippen molar-refractivity contribution in [2.75, 3.05) is 38.0 Å². The zero-order chi connectivity index (χ0) is 48.0. The summed E-state index contributed by atoms with van der Waals surface area (Å²) in [5.41, 5.74) is 1.82. The van der Waals surface area contributed by atoms with Crippen LogP contribution in [0.1, 0.15) is 114 Å². The molecule has 4 amide bonds. The number of carbonyl (C=O) groups is 6. The number of benzene rings is 3. The average molecular weight is 951 g/mol. The summed E-state index contributed by atoms with van der Waals surface area (Å²) in [6.07, 6.45) is 7.31. The number of anilines is 1. The Bertz CT molecular complexity index is 2360. The highest BCUT2D eigenvalue weighted by Crippen LogP contribution is 2.42. The number of ketones is 1. The summed E-state index contributed by atoms with van der Waals surface area (Å²) in [5, 5.41) is 53.6. The third-order valence-corrected chi connectivity index (χ3v) is 11.0. The molecule has 0 atom stereocenters. The summed E-state index contributed by atoms with van der Waals surface area (Å²) in [6.45, 7) is 3.04.